The molecule has 2 rings (SSSR count). The van der Waals surface area contributed by atoms with E-state index in [1.807, 2.05) is 0 Å². The average Bonchev–Trinajstić information content (AvgIpc) is 2.88. The van der Waals surface area contributed by atoms with Gasteiger partial charge >= 0.3 is 6.09 Å². The summed E-state index contributed by atoms with van der Waals surface area (Å²) >= 11 is 0. The van der Waals surface area contributed by atoms with Gasteiger partial charge in [0, 0.05) is 36.6 Å². The second-order valence-electron chi connectivity index (χ2n) is 6.03. The van der Waals surface area contributed by atoms with Crippen LogP contribution < -0.4 is 5.32 Å². The molecule has 0 radical (unpaired) electrons. The van der Waals surface area contributed by atoms with Crippen molar-refractivity contribution in [3.05, 3.63) is 48.1 Å². The van der Waals surface area contributed by atoms with Gasteiger partial charge in [0.25, 0.3) is 0 Å². The maximum Gasteiger partial charge on any atom is 0.407 e. The Kier molecular flexibility index (Phi) is 4.98. The van der Waals surface area contributed by atoms with Crippen LogP contribution in [0.4, 0.5) is 13.6 Å². The Bertz CT molecular complexity index is 693. The minimum atomic E-state index is -0.922. The van der Waals surface area contributed by atoms with Crippen molar-refractivity contribution >= 4 is 6.09 Å². The topological polar surface area (TPSA) is 56.1 Å². The SMILES string of the molecule is CC(C)(C)OC(=O)NCCc1cncn1-c1ccc(F)c(F)c1. The first kappa shape index (κ1) is 16.9. The van der Waals surface area contributed by atoms with Gasteiger partial charge in [0.2, 0.25) is 0 Å². The average molecular weight is 323 g/mol. The van der Waals surface area contributed by atoms with Crippen LogP contribution in [0.2, 0.25) is 0 Å². The lowest BCUT2D eigenvalue weighted by Crippen LogP contribution is -2.33. The number of benzene rings is 1. The highest BCUT2D eigenvalue weighted by atomic mass is 19.2. The summed E-state index contributed by atoms with van der Waals surface area (Å²) in [5, 5.41) is 2.64. The lowest BCUT2D eigenvalue weighted by molar-refractivity contribution is 0.0528. The van der Waals surface area contributed by atoms with Crippen LogP contribution in [0, 0.1) is 11.6 Å². The number of ether oxygens (including phenoxy) is 1. The van der Waals surface area contributed by atoms with Crippen molar-refractivity contribution < 1.29 is 18.3 Å². The molecule has 124 valence electrons. The molecule has 0 saturated heterocycles. The van der Waals surface area contributed by atoms with Gasteiger partial charge in [-0.1, -0.05) is 0 Å². The van der Waals surface area contributed by atoms with Crippen molar-refractivity contribution in [1.29, 1.82) is 0 Å². The lowest BCUT2D eigenvalue weighted by Gasteiger charge is -2.19. The second-order valence-corrected chi connectivity index (χ2v) is 6.03. The second kappa shape index (κ2) is 6.76. The number of imidazole rings is 1. The van der Waals surface area contributed by atoms with Gasteiger partial charge in [0.15, 0.2) is 11.6 Å². The predicted molar refractivity (Wildman–Crippen MR) is 81.4 cm³/mol. The predicted octanol–water partition coefficient (Wildman–Crippen LogP) is 3.22. The quantitative estimate of drug-likeness (QED) is 0.940. The van der Waals surface area contributed by atoms with Gasteiger partial charge in [-0.25, -0.2) is 18.6 Å². The zero-order chi connectivity index (χ0) is 17.0. The number of nitrogens with zero attached hydrogens (tertiary/aromatic N) is 2. The number of aromatic nitrogens is 2. The summed E-state index contributed by atoms with van der Waals surface area (Å²) in [5.74, 6) is -1.82. The third kappa shape index (κ3) is 4.77. The third-order valence-electron chi connectivity index (χ3n) is 2.95. The van der Waals surface area contributed by atoms with E-state index in [-0.39, 0.29) is 0 Å². The van der Waals surface area contributed by atoms with Crippen LogP contribution in [0.1, 0.15) is 26.5 Å². The normalized spacial score (nSPS) is 11.3. The van der Waals surface area contributed by atoms with Crippen molar-refractivity contribution in [2.75, 3.05) is 6.54 Å². The molecule has 0 aliphatic carbocycles. The van der Waals surface area contributed by atoms with E-state index in [4.69, 9.17) is 4.74 Å². The molecule has 0 spiro atoms. The molecule has 0 aliphatic heterocycles. The summed E-state index contributed by atoms with van der Waals surface area (Å²) in [6.07, 6.45) is 3.09. The molecular weight excluding hydrogens is 304 g/mol. The van der Waals surface area contributed by atoms with Gasteiger partial charge in [-0.05, 0) is 32.9 Å². The summed E-state index contributed by atoms with van der Waals surface area (Å²) in [6.45, 7) is 5.69. The Morgan fingerprint density at radius 3 is 2.70 bits per heavy atom. The summed E-state index contributed by atoms with van der Waals surface area (Å²) in [5.41, 5.74) is 0.665. The van der Waals surface area contributed by atoms with Crippen LogP contribution in [0.15, 0.2) is 30.7 Å². The molecule has 2 aromatic rings. The Labute approximate surface area is 133 Å². The molecule has 0 aliphatic rings. The molecule has 7 heteroatoms. The van der Waals surface area contributed by atoms with Gasteiger partial charge in [-0.3, -0.25) is 0 Å². The Morgan fingerprint density at radius 1 is 1.30 bits per heavy atom. The molecule has 1 aromatic heterocycles. The van der Waals surface area contributed by atoms with Crippen LogP contribution >= 0.6 is 0 Å². The molecule has 0 bridgehead atoms. The fraction of sp³-hybridized carbons (Fsp3) is 0.375. The van der Waals surface area contributed by atoms with E-state index in [9.17, 15) is 13.6 Å². The Balaban J connectivity index is 1.99. The molecule has 23 heavy (non-hydrogen) atoms. The highest BCUT2D eigenvalue weighted by Crippen LogP contribution is 2.15. The number of carbonyl (C=O) groups is 1. The van der Waals surface area contributed by atoms with Crippen molar-refractivity contribution in [3.8, 4) is 5.69 Å². The fourth-order valence-corrected chi connectivity index (χ4v) is 1.98. The van der Waals surface area contributed by atoms with E-state index in [0.29, 0.717) is 18.7 Å². The van der Waals surface area contributed by atoms with Crippen LogP contribution in [0.3, 0.4) is 0 Å². The first-order valence-electron chi connectivity index (χ1n) is 7.20. The van der Waals surface area contributed by atoms with Crippen molar-refractivity contribution in [1.82, 2.24) is 14.9 Å². The first-order valence-corrected chi connectivity index (χ1v) is 7.20. The van der Waals surface area contributed by atoms with Gasteiger partial charge in [-0.15, -0.1) is 0 Å². The third-order valence-corrected chi connectivity index (χ3v) is 2.95. The zero-order valence-electron chi connectivity index (χ0n) is 13.3. The molecule has 1 aromatic carbocycles. The molecule has 1 heterocycles. The molecule has 0 unspecified atom stereocenters. The van der Waals surface area contributed by atoms with E-state index >= 15 is 0 Å². The first-order chi connectivity index (χ1) is 10.8. The summed E-state index contributed by atoms with van der Waals surface area (Å²) in [4.78, 5) is 15.6. The van der Waals surface area contributed by atoms with Gasteiger partial charge in [0.1, 0.15) is 5.60 Å². The van der Waals surface area contributed by atoms with Crippen LogP contribution in [0.5, 0.6) is 0 Å². The number of rotatable bonds is 4. The maximum atomic E-state index is 13.3. The highest BCUT2D eigenvalue weighted by Gasteiger charge is 2.16. The molecule has 5 nitrogen and oxygen atoms in total. The number of alkyl carbamates (subject to hydrolysis) is 1. The summed E-state index contributed by atoms with van der Waals surface area (Å²) < 4.78 is 33.1. The van der Waals surface area contributed by atoms with Crippen molar-refractivity contribution in [2.24, 2.45) is 0 Å². The van der Waals surface area contributed by atoms with E-state index in [2.05, 4.69) is 10.3 Å². The smallest absolute Gasteiger partial charge is 0.407 e. The highest BCUT2D eigenvalue weighted by molar-refractivity contribution is 5.67. The molecule has 0 saturated carbocycles. The molecular formula is C16H19F2N3O2. The van der Waals surface area contributed by atoms with Gasteiger partial charge < -0.3 is 14.6 Å². The van der Waals surface area contributed by atoms with Crippen LogP contribution in [-0.4, -0.2) is 27.8 Å². The molecule has 1 N–H and O–H groups in total. The number of hydrogen-bond acceptors (Lipinski definition) is 3. The van der Waals surface area contributed by atoms with E-state index < -0.39 is 23.3 Å². The molecule has 0 atom stereocenters. The Morgan fingerprint density at radius 2 is 2.04 bits per heavy atom. The van der Waals surface area contributed by atoms with Crippen molar-refractivity contribution in [3.63, 3.8) is 0 Å². The largest absolute Gasteiger partial charge is 0.444 e. The zero-order valence-corrected chi connectivity index (χ0v) is 13.3. The summed E-state index contributed by atoms with van der Waals surface area (Å²) in [6, 6.07) is 3.63. The Hall–Kier alpha value is -2.44. The van der Waals surface area contributed by atoms with Crippen LogP contribution in [0.25, 0.3) is 5.69 Å². The minimum Gasteiger partial charge on any atom is -0.444 e. The van der Waals surface area contributed by atoms with Gasteiger partial charge in [-0.2, -0.15) is 0 Å². The molecule has 0 fully saturated rings. The lowest BCUT2D eigenvalue weighted by atomic mass is 10.2. The fourth-order valence-electron chi connectivity index (χ4n) is 1.98. The number of hydrogen-bond donors (Lipinski definition) is 1. The monoisotopic (exact) mass is 323 g/mol. The van der Waals surface area contributed by atoms with E-state index in [0.717, 1.165) is 17.8 Å². The summed E-state index contributed by atoms with van der Waals surface area (Å²) in [7, 11) is 0. The maximum absolute atomic E-state index is 13.3. The molecule has 1 amide bonds. The standard InChI is InChI=1S/C16H19F2N3O2/c1-16(2,3)23-15(22)20-7-6-12-9-19-10-21(12)11-4-5-13(17)14(18)8-11/h4-5,8-10H,6-7H2,1-3H3,(H,20,22). The number of nitrogens with one attached hydrogen (secondary N) is 1. The van der Waals surface area contributed by atoms with Crippen molar-refractivity contribution in [2.45, 2.75) is 32.8 Å². The number of amides is 1. The van der Waals surface area contributed by atoms with Gasteiger partial charge in [0.05, 0.1) is 6.33 Å². The van der Waals surface area contributed by atoms with Crippen LogP contribution in [-0.2, 0) is 11.2 Å². The number of halogens is 2. The minimum absolute atomic E-state index is 0.338. The van der Waals surface area contributed by atoms with E-state index in [1.165, 1.54) is 12.4 Å². The van der Waals surface area contributed by atoms with E-state index in [1.54, 1.807) is 31.5 Å². The number of carbonyl (C=O) groups excluding carboxylic acids is 1.